The molecule has 0 radical (unpaired) electrons. The normalized spacial score (nSPS) is 24.1. The quantitative estimate of drug-likeness (QED) is 0.374. The van der Waals surface area contributed by atoms with Gasteiger partial charge in [0.2, 0.25) is 0 Å². The lowest BCUT2D eigenvalue weighted by Gasteiger charge is -2.41. The number of hydrogen-bond donors (Lipinski definition) is 0. The van der Waals surface area contributed by atoms with E-state index in [-0.39, 0.29) is 30.2 Å². The van der Waals surface area contributed by atoms with E-state index in [1.165, 1.54) is 16.0 Å². The maximum atomic E-state index is 13.5. The van der Waals surface area contributed by atoms with Gasteiger partial charge in [-0.1, -0.05) is 30.3 Å². The van der Waals surface area contributed by atoms with Crippen molar-refractivity contribution in [1.82, 2.24) is 24.1 Å². The lowest BCUT2D eigenvalue weighted by Crippen LogP contribution is -2.59. The number of fused-ring (bicyclic) bond motifs is 1. The highest BCUT2D eigenvalue weighted by atomic mass is 28.4. The fraction of sp³-hybridized carbons (Fsp3) is 0.586. The van der Waals surface area contributed by atoms with Crippen molar-refractivity contribution in [1.29, 1.82) is 0 Å². The molecule has 1 aromatic heterocycles. The van der Waals surface area contributed by atoms with Crippen LogP contribution in [0.5, 0.6) is 0 Å². The molecule has 5 rings (SSSR count). The van der Waals surface area contributed by atoms with Gasteiger partial charge >= 0.3 is 20.6 Å². The number of benzene rings is 1. The Hall–Kier alpha value is -3.22. The summed E-state index contributed by atoms with van der Waals surface area (Å²) in [5.41, 5.74) is 0.492. The van der Waals surface area contributed by atoms with E-state index < -0.39 is 14.1 Å². The van der Waals surface area contributed by atoms with Gasteiger partial charge in [0.15, 0.2) is 5.90 Å². The van der Waals surface area contributed by atoms with Gasteiger partial charge in [0, 0.05) is 32.0 Å². The fourth-order valence-corrected chi connectivity index (χ4v) is 8.15. The average molecular weight is 583 g/mol. The number of aromatic nitrogens is 2. The van der Waals surface area contributed by atoms with E-state index in [1.807, 2.05) is 51.1 Å². The number of ether oxygens (including phenoxy) is 1. The monoisotopic (exact) mass is 582 g/mol. The van der Waals surface area contributed by atoms with Crippen LogP contribution in [-0.2, 0) is 20.6 Å². The van der Waals surface area contributed by atoms with Gasteiger partial charge in [-0.3, -0.25) is 19.0 Å². The first-order valence-electron chi connectivity index (χ1n) is 14.5. The van der Waals surface area contributed by atoms with Crippen molar-refractivity contribution in [3.05, 3.63) is 54.6 Å². The first kappa shape index (κ1) is 29.3. The molecule has 0 aliphatic carbocycles. The van der Waals surface area contributed by atoms with Gasteiger partial charge < -0.3 is 14.1 Å². The molecule has 2 atom stereocenters. The second-order valence-corrected chi connectivity index (χ2v) is 16.1. The third-order valence-electron chi connectivity index (χ3n) is 7.77. The van der Waals surface area contributed by atoms with Crippen LogP contribution in [0.15, 0.2) is 54.0 Å². The minimum atomic E-state index is -2.28. The Morgan fingerprint density at radius 1 is 1.12 bits per heavy atom. The van der Waals surface area contributed by atoms with Gasteiger partial charge in [0.05, 0.1) is 18.1 Å². The third kappa shape index (κ3) is 6.99. The molecule has 3 saturated heterocycles. The summed E-state index contributed by atoms with van der Waals surface area (Å²) in [6.45, 7) is 12.2. The molecule has 11 nitrogen and oxygen atoms in total. The fourth-order valence-electron chi connectivity index (χ4n) is 5.70. The maximum absolute atomic E-state index is 13.5. The van der Waals surface area contributed by atoms with Gasteiger partial charge in [-0.2, -0.15) is 5.06 Å². The van der Waals surface area contributed by atoms with Crippen LogP contribution in [0.25, 0.3) is 0 Å². The van der Waals surface area contributed by atoms with E-state index in [0.29, 0.717) is 26.2 Å². The van der Waals surface area contributed by atoms with Crippen LogP contribution in [0.2, 0.25) is 13.1 Å². The summed E-state index contributed by atoms with van der Waals surface area (Å²) in [5, 5.41) is 1.52. The van der Waals surface area contributed by atoms with E-state index in [2.05, 4.69) is 22.6 Å². The van der Waals surface area contributed by atoms with Gasteiger partial charge in [-0.25, -0.2) is 14.6 Å². The first-order chi connectivity index (χ1) is 19.5. The Morgan fingerprint density at radius 2 is 1.85 bits per heavy atom. The highest BCUT2D eigenvalue weighted by molar-refractivity contribution is 6.71. The molecule has 0 N–H and O–H groups in total. The molecule has 41 heavy (non-hydrogen) atoms. The maximum Gasteiger partial charge on any atom is 0.410 e. The van der Waals surface area contributed by atoms with E-state index in [4.69, 9.17) is 19.0 Å². The molecule has 0 spiro atoms. The van der Waals surface area contributed by atoms with E-state index in [1.54, 1.807) is 17.3 Å². The Kier molecular flexibility index (Phi) is 8.53. The zero-order valence-corrected chi connectivity index (χ0v) is 25.7. The predicted molar refractivity (Wildman–Crippen MR) is 156 cm³/mol. The smallest absolute Gasteiger partial charge is 0.410 e. The predicted octanol–water partition coefficient (Wildman–Crippen LogP) is 4.65. The second kappa shape index (κ2) is 11.9. The third-order valence-corrected chi connectivity index (χ3v) is 10.4. The number of nitrogens with zero attached hydrogens (tertiary/aromatic N) is 6. The summed E-state index contributed by atoms with van der Waals surface area (Å²) >= 11 is 0. The number of rotatable bonds is 5. The number of aliphatic imine (C=N–C) groups is 1. The molecule has 1 aromatic carbocycles. The summed E-state index contributed by atoms with van der Waals surface area (Å²) in [7, 11) is -2.28. The summed E-state index contributed by atoms with van der Waals surface area (Å²) in [4.78, 5) is 43.1. The molecule has 12 heteroatoms. The van der Waals surface area contributed by atoms with Crippen molar-refractivity contribution >= 4 is 26.5 Å². The topological polar surface area (TPSA) is 102 Å². The Morgan fingerprint density at radius 3 is 2.51 bits per heavy atom. The van der Waals surface area contributed by atoms with Gasteiger partial charge in [-0.15, -0.1) is 0 Å². The number of likely N-dealkylation sites (tertiary alicyclic amines) is 1. The molecule has 3 aliphatic heterocycles. The molecule has 0 unspecified atom stereocenters. The summed E-state index contributed by atoms with van der Waals surface area (Å²) in [5.74, 6) is 0.813. The number of hydroxylamine groups is 2. The highest BCUT2D eigenvalue weighted by Gasteiger charge is 2.52. The van der Waals surface area contributed by atoms with Crippen molar-refractivity contribution < 1.29 is 23.6 Å². The van der Waals surface area contributed by atoms with Crippen molar-refractivity contribution in [3.8, 4) is 0 Å². The molecule has 2 aromatic rings. The van der Waals surface area contributed by atoms with Crippen molar-refractivity contribution in [3.63, 3.8) is 0 Å². The minimum absolute atomic E-state index is 0.0936. The lowest BCUT2D eigenvalue weighted by atomic mass is 9.99. The molecule has 0 saturated carbocycles. The molecule has 2 amide bonds. The Balaban J connectivity index is 1.25. The van der Waals surface area contributed by atoms with E-state index in [9.17, 15) is 9.59 Å². The zero-order chi connectivity index (χ0) is 29.2. The highest BCUT2D eigenvalue weighted by Crippen LogP contribution is 2.35. The van der Waals surface area contributed by atoms with Crippen LogP contribution in [-0.4, -0.2) is 93.9 Å². The largest absolute Gasteiger partial charge is 0.519 e. The summed E-state index contributed by atoms with van der Waals surface area (Å²) in [6.07, 6.45) is 7.62. The Bertz CT molecular complexity index is 1220. The number of carbonyl (C=O) groups is 2. The van der Waals surface area contributed by atoms with Crippen LogP contribution in [0.4, 0.5) is 9.59 Å². The summed E-state index contributed by atoms with van der Waals surface area (Å²) < 4.78 is 16.0. The number of imidazole rings is 1. The first-order valence-corrected chi connectivity index (χ1v) is 17.4. The lowest BCUT2D eigenvalue weighted by molar-refractivity contribution is -0.162. The number of hydrogen-bond acceptors (Lipinski definition) is 8. The molecular formula is C29H42N6O5Si. The molecule has 3 aliphatic rings. The van der Waals surface area contributed by atoms with Crippen LogP contribution < -0.4 is 0 Å². The molecule has 0 bridgehead atoms. The van der Waals surface area contributed by atoms with Crippen molar-refractivity contribution in [2.75, 3.05) is 19.6 Å². The Labute approximate surface area is 243 Å². The van der Waals surface area contributed by atoms with Crippen molar-refractivity contribution in [2.45, 2.75) is 89.9 Å². The average Bonchev–Trinajstić information content (AvgIpc) is 3.55. The summed E-state index contributed by atoms with van der Waals surface area (Å²) in [6, 6.07) is 9.67. The SMILES string of the molecule is CC(C)(C)OC(=O)N1CCC(N=C2O[Si](C)(C)N3C[C@H](N(OCc4ccccc4)C(=O)n4ccnc4)CC[C@@H]23)CC1. The van der Waals surface area contributed by atoms with E-state index in [0.717, 1.165) is 37.1 Å². The van der Waals surface area contributed by atoms with Gasteiger partial charge in [-0.05, 0) is 65.1 Å². The molecule has 4 heterocycles. The van der Waals surface area contributed by atoms with Crippen LogP contribution in [0, 0.1) is 0 Å². The van der Waals surface area contributed by atoms with Gasteiger partial charge in [0.1, 0.15) is 18.5 Å². The molecule has 222 valence electrons. The standard InChI is InChI=1S/C29H42N6O5Si/c1-29(2,3)39-28(37)32-16-13-23(14-17-32)31-26-25-12-11-24(19-34(25)41(4,5)40-26)35(27(36)33-18-15-30-21-33)38-20-22-9-7-6-8-10-22/h6-10,15,18,21,23-25H,11-14,16-17,19-20H2,1-5H3/t24-,25+/m1/s1. The van der Waals surface area contributed by atoms with Gasteiger partial charge in [0.25, 0.3) is 0 Å². The number of carbonyl (C=O) groups excluding carboxylic acids is 2. The van der Waals surface area contributed by atoms with Crippen LogP contribution >= 0.6 is 0 Å². The van der Waals surface area contributed by atoms with Crippen molar-refractivity contribution in [2.24, 2.45) is 4.99 Å². The molecular weight excluding hydrogens is 540 g/mol. The second-order valence-electron chi connectivity index (χ2n) is 12.5. The van der Waals surface area contributed by atoms with Crippen LogP contribution in [0.3, 0.4) is 0 Å². The minimum Gasteiger partial charge on any atom is -0.519 e. The zero-order valence-electron chi connectivity index (χ0n) is 24.7. The number of amides is 2. The van der Waals surface area contributed by atoms with E-state index >= 15 is 0 Å². The molecule has 3 fully saturated rings. The van der Waals surface area contributed by atoms with Crippen LogP contribution in [0.1, 0.15) is 52.0 Å². The number of piperidine rings is 2.